The van der Waals surface area contributed by atoms with Crippen LogP contribution < -0.4 is 24.4 Å². The van der Waals surface area contributed by atoms with Crippen LogP contribution in [0.2, 0.25) is 0 Å². The zero-order chi connectivity index (χ0) is 28.9. The molecule has 0 bridgehead atoms. The highest BCUT2D eigenvalue weighted by atomic mass is 32.1. The van der Waals surface area contributed by atoms with Gasteiger partial charge in [-0.3, -0.25) is 9.36 Å². The van der Waals surface area contributed by atoms with Gasteiger partial charge < -0.3 is 14.2 Å². The Balaban J connectivity index is 1.53. The Labute approximate surface area is 240 Å². The summed E-state index contributed by atoms with van der Waals surface area (Å²) in [5, 5.41) is 0. The molecule has 0 aliphatic carbocycles. The zero-order valence-corrected chi connectivity index (χ0v) is 23.7. The van der Waals surface area contributed by atoms with E-state index in [1.807, 2.05) is 49.4 Å². The van der Waals surface area contributed by atoms with Crippen LogP contribution in [0, 0.1) is 5.82 Å². The van der Waals surface area contributed by atoms with Crippen LogP contribution in [0.1, 0.15) is 43.5 Å². The third kappa shape index (κ3) is 6.00. The lowest BCUT2D eigenvalue weighted by atomic mass is 9.96. The van der Waals surface area contributed by atoms with E-state index >= 15 is 0 Å². The number of allylic oxidation sites excluding steroid dienone is 1. The molecule has 9 heteroatoms. The van der Waals surface area contributed by atoms with E-state index in [0.29, 0.717) is 38.7 Å². The second-order valence-corrected chi connectivity index (χ2v) is 10.3. The van der Waals surface area contributed by atoms with E-state index in [1.54, 1.807) is 42.7 Å². The summed E-state index contributed by atoms with van der Waals surface area (Å²) in [6.07, 6.45) is 1.78. The quantitative estimate of drug-likeness (QED) is 0.266. The fourth-order valence-electron chi connectivity index (χ4n) is 4.64. The molecule has 210 valence electrons. The van der Waals surface area contributed by atoms with Gasteiger partial charge in [-0.1, -0.05) is 59.9 Å². The molecular weight excluding hydrogens is 543 g/mol. The molecule has 41 heavy (non-hydrogen) atoms. The first kappa shape index (κ1) is 28.0. The van der Waals surface area contributed by atoms with Gasteiger partial charge in [0.15, 0.2) is 16.3 Å². The molecular formula is C32H29FN2O5S. The number of hydrogen-bond acceptors (Lipinski definition) is 7. The molecule has 1 aliphatic rings. The molecule has 0 fully saturated rings. The van der Waals surface area contributed by atoms with Gasteiger partial charge in [-0.2, -0.15) is 0 Å². The number of halogens is 1. The summed E-state index contributed by atoms with van der Waals surface area (Å²) < 4.78 is 32.4. The molecule has 0 saturated carbocycles. The number of aromatic nitrogens is 1. The van der Waals surface area contributed by atoms with Crippen molar-refractivity contribution in [3.05, 3.63) is 126 Å². The van der Waals surface area contributed by atoms with Gasteiger partial charge in [-0.15, -0.1) is 0 Å². The second kappa shape index (κ2) is 12.3. The van der Waals surface area contributed by atoms with Crippen LogP contribution in [-0.2, 0) is 16.1 Å². The third-order valence-electron chi connectivity index (χ3n) is 6.51. The lowest BCUT2D eigenvalue weighted by molar-refractivity contribution is -0.139. The Hall–Kier alpha value is -4.50. The Kier molecular flexibility index (Phi) is 8.45. The number of ether oxygens (including phenoxy) is 3. The molecule has 5 rings (SSSR count). The summed E-state index contributed by atoms with van der Waals surface area (Å²) >= 11 is 1.26. The lowest BCUT2D eigenvalue weighted by Gasteiger charge is -2.24. The molecule has 3 aromatic carbocycles. The average molecular weight is 573 g/mol. The zero-order valence-electron chi connectivity index (χ0n) is 22.9. The van der Waals surface area contributed by atoms with Crippen molar-refractivity contribution in [1.29, 1.82) is 0 Å². The second-order valence-electron chi connectivity index (χ2n) is 9.27. The molecule has 0 radical (unpaired) electrons. The van der Waals surface area contributed by atoms with Crippen LogP contribution in [0.15, 0.2) is 93.9 Å². The summed E-state index contributed by atoms with van der Waals surface area (Å²) in [6.45, 7) is 6.27. The van der Waals surface area contributed by atoms with Crippen molar-refractivity contribution in [3.8, 4) is 11.5 Å². The first-order valence-corrected chi connectivity index (χ1v) is 14.1. The van der Waals surface area contributed by atoms with Gasteiger partial charge in [0.2, 0.25) is 0 Å². The SMILES string of the molecule is CCOC(=O)C1=C(C)N=c2s/c(=C\c3ccc(OCc4ccc(F)cc4)c(OCC)c3)c(=O)n2[C@@H]1c1ccccc1. The molecule has 1 aliphatic heterocycles. The minimum absolute atomic E-state index is 0.216. The Morgan fingerprint density at radius 1 is 1.00 bits per heavy atom. The van der Waals surface area contributed by atoms with Crippen LogP contribution in [0.25, 0.3) is 6.08 Å². The number of carbonyl (C=O) groups excluding carboxylic acids is 1. The van der Waals surface area contributed by atoms with Crippen molar-refractivity contribution in [2.45, 2.75) is 33.4 Å². The van der Waals surface area contributed by atoms with Crippen molar-refractivity contribution < 1.29 is 23.4 Å². The van der Waals surface area contributed by atoms with Gasteiger partial charge in [-0.25, -0.2) is 14.2 Å². The van der Waals surface area contributed by atoms with Crippen molar-refractivity contribution in [3.63, 3.8) is 0 Å². The van der Waals surface area contributed by atoms with E-state index in [0.717, 1.165) is 16.7 Å². The van der Waals surface area contributed by atoms with Crippen molar-refractivity contribution >= 4 is 23.4 Å². The minimum Gasteiger partial charge on any atom is -0.490 e. The number of carbonyl (C=O) groups is 1. The van der Waals surface area contributed by atoms with Crippen LogP contribution in [-0.4, -0.2) is 23.8 Å². The fraction of sp³-hybridized carbons (Fsp3) is 0.219. The molecule has 7 nitrogen and oxygen atoms in total. The summed E-state index contributed by atoms with van der Waals surface area (Å²) in [6, 6.07) is 20.3. The highest BCUT2D eigenvalue weighted by Crippen LogP contribution is 2.31. The van der Waals surface area contributed by atoms with E-state index in [-0.39, 0.29) is 24.6 Å². The van der Waals surface area contributed by atoms with Gasteiger partial charge in [0, 0.05) is 0 Å². The molecule has 0 N–H and O–H groups in total. The molecule has 1 aromatic heterocycles. The van der Waals surface area contributed by atoms with Gasteiger partial charge in [0.1, 0.15) is 12.4 Å². The third-order valence-corrected chi connectivity index (χ3v) is 7.49. The summed E-state index contributed by atoms with van der Waals surface area (Å²) in [7, 11) is 0. The summed E-state index contributed by atoms with van der Waals surface area (Å²) in [5.74, 6) is 0.266. The largest absolute Gasteiger partial charge is 0.490 e. The van der Waals surface area contributed by atoms with Gasteiger partial charge in [0.05, 0.1) is 35.1 Å². The maximum atomic E-state index is 13.8. The predicted molar refractivity (Wildman–Crippen MR) is 155 cm³/mol. The van der Waals surface area contributed by atoms with E-state index in [1.165, 1.54) is 23.5 Å². The van der Waals surface area contributed by atoms with Crippen LogP contribution >= 0.6 is 11.3 Å². The number of nitrogens with zero attached hydrogens (tertiary/aromatic N) is 2. The highest BCUT2D eigenvalue weighted by molar-refractivity contribution is 7.07. The first-order valence-electron chi connectivity index (χ1n) is 13.3. The van der Waals surface area contributed by atoms with Crippen LogP contribution in [0.5, 0.6) is 11.5 Å². The van der Waals surface area contributed by atoms with Crippen molar-refractivity contribution in [2.75, 3.05) is 13.2 Å². The van der Waals surface area contributed by atoms with Crippen molar-refractivity contribution in [1.82, 2.24) is 4.57 Å². The Morgan fingerprint density at radius 2 is 1.76 bits per heavy atom. The predicted octanol–water partition coefficient (Wildman–Crippen LogP) is 4.92. The first-order chi connectivity index (χ1) is 19.9. The number of rotatable bonds is 9. The van der Waals surface area contributed by atoms with Gasteiger partial charge in [-0.05, 0) is 67.8 Å². The maximum Gasteiger partial charge on any atom is 0.338 e. The standard InChI is InChI=1S/C32H29FN2O5S/c1-4-38-26-17-22(13-16-25(26)40-19-21-11-14-24(33)15-12-21)18-27-30(36)35-29(23-9-7-6-8-10-23)28(31(37)39-5-2)20(3)34-32(35)41-27/h6-18,29H,4-5,19H2,1-3H3/b27-18-/t29-/m1/s1. The summed E-state index contributed by atoms with van der Waals surface area (Å²) in [4.78, 5) is 31.9. The Morgan fingerprint density at radius 3 is 2.46 bits per heavy atom. The molecule has 4 aromatic rings. The molecule has 0 spiro atoms. The minimum atomic E-state index is -0.658. The van der Waals surface area contributed by atoms with Gasteiger partial charge in [0.25, 0.3) is 5.56 Å². The topological polar surface area (TPSA) is 79.1 Å². The van der Waals surface area contributed by atoms with E-state index < -0.39 is 12.0 Å². The van der Waals surface area contributed by atoms with E-state index in [9.17, 15) is 14.0 Å². The maximum absolute atomic E-state index is 13.8. The number of esters is 1. The molecule has 0 saturated heterocycles. The van der Waals surface area contributed by atoms with Crippen molar-refractivity contribution in [2.24, 2.45) is 4.99 Å². The molecule has 0 amide bonds. The fourth-order valence-corrected chi connectivity index (χ4v) is 5.68. The Bertz CT molecular complexity index is 1780. The van der Waals surface area contributed by atoms with Crippen LogP contribution in [0.4, 0.5) is 4.39 Å². The number of thiazole rings is 1. The monoisotopic (exact) mass is 572 g/mol. The smallest absolute Gasteiger partial charge is 0.338 e. The lowest BCUT2D eigenvalue weighted by Crippen LogP contribution is -2.39. The number of hydrogen-bond donors (Lipinski definition) is 0. The molecule has 1 atom stereocenters. The number of fused-ring (bicyclic) bond motifs is 1. The highest BCUT2D eigenvalue weighted by Gasteiger charge is 2.33. The molecule has 2 heterocycles. The van der Waals surface area contributed by atoms with Gasteiger partial charge >= 0.3 is 5.97 Å². The van der Waals surface area contributed by atoms with E-state index in [2.05, 4.69) is 4.99 Å². The molecule has 0 unspecified atom stereocenters. The summed E-state index contributed by atoms with van der Waals surface area (Å²) in [5.41, 5.74) is 2.96. The number of benzene rings is 3. The normalized spacial score (nSPS) is 14.8. The van der Waals surface area contributed by atoms with E-state index in [4.69, 9.17) is 14.2 Å². The average Bonchev–Trinajstić information content (AvgIpc) is 3.27. The van der Waals surface area contributed by atoms with Crippen LogP contribution in [0.3, 0.4) is 0 Å².